The third-order valence-corrected chi connectivity index (χ3v) is 4.80. The van der Waals surface area contributed by atoms with Gasteiger partial charge in [0.1, 0.15) is 5.82 Å². The highest BCUT2D eigenvalue weighted by Gasteiger charge is 2.18. The molecule has 1 heterocycles. The molecule has 0 bridgehead atoms. The van der Waals surface area contributed by atoms with Gasteiger partial charge >= 0.3 is 0 Å². The summed E-state index contributed by atoms with van der Waals surface area (Å²) in [6.45, 7) is 6.20. The average Bonchev–Trinajstić information content (AvgIpc) is 2.39. The number of aromatic nitrogens is 2. The molecule has 0 fully saturated rings. The first-order valence-corrected chi connectivity index (χ1v) is 7.83. The molecule has 0 spiro atoms. The number of anilines is 1. The van der Waals surface area contributed by atoms with Crippen LogP contribution in [-0.4, -0.2) is 31.2 Å². The van der Waals surface area contributed by atoms with Crippen molar-refractivity contribution in [1.82, 2.24) is 9.97 Å². The van der Waals surface area contributed by atoms with Gasteiger partial charge in [0.2, 0.25) is 0 Å². The Kier molecular flexibility index (Phi) is 4.51. The molecule has 0 aliphatic heterocycles. The van der Waals surface area contributed by atoms with E-state index in [-0.39, 0.29) is 15.8 Å². The van der Waals surface area contributed by atoms with Gasteiger partial charge in [-0.25, -0.2) is 13.8 Å². The lowest BCUT2D eigenvalue weighted by molar-refractivity contribution is 0.510. The summed E-state index contributed by atoms with van der Waals surface area (Å²) in [5.74, 6) is -0.985. The summed E-state index contributed by atoms with van der Waals surface area (Å²) in [5.41, 5.74) is 0.563. The molecule has 1 aromatic carbocycles. The van der Waals surface area contributed by atoms with Gasteiger partial charge in [0.25, 0.3) is 0 Å². The molecular formula is C14H17F2N3OS. The topological polar surface area (TPSA) is 54.9 Å². The molecule has 0 saturated heterocycles. The second-order valence-corrected chi connectivity index (χ2v) is 7.92. The van der Waals surface area contributed by atoms with E-state index in [1.807, 2.05) is 20.8 Å². The second-order valence-electron chi connectivity index (χ2n) is 5.60. The SMILES string of the molecule is CC(C)(C)S(=O)CCNc1cnc2cc(F)c(F)cc2n1. The van der Waals surface area contributed by atoms with Crippen LogP contribution in [0.15, 0.2) is 18.3 Å². The highest BCUT2D eigenvalue weighted by atomic mass is 32.2. The van der Waals surface area contributed by atoms with Crippen molar-refractivity contribution < 1.29 is 13.0 Å². The zero-order valence-corrected chi connectivity index (χ0v) is 12.9. The van der Waals surface area contributed by atoms with Crippen molar-refractivity contribution in [3.8, 4) is 0 Å². The molecule has 0 amide bonds. The molecule has 0 radical (unpaired) electrons. The molecule has 114 valence electrons. The molecule has 1 N–H and O–H groups in total. The minimum absolute atomic E-state index is 0.266. The van der Waals surface area contributed by atoms with E-state index in [4.69, 9.17) is 0 Å². The monoisotopic (exact) mass is 313 g/mol. The van der Waals surface area contributed by atoms with E-state index >= 15 is 0 Å². The van der Waals surface area contributed by atoms with E-state index in [2.05, 4.69) is 15.3 Å². The van der Waals surface area contributed by atoms with Gasteiger partial charge in [-0.3, -0.25) is 9.19 Å². The Morgan fingerprint density at radius 2 is 1.81 bits per heavy atom. The van der Waals surface area contributed by atoms with Crippen LogP contribution in [0.2, 0.25) is 0 Å². The van der Waals surface area contributed by atoms with Crippen molar-refractivity contribution in [3.63, 3.8) is 0 Å². The normalized spacial score (nSPS) is 13.4. The average molecular weight is 313 g/mol. The molecule has 21 heavy (non-hydrogen) atoms. The van der Waals surface area contributed by atoms with Crippen LogP contribution in [0.1, 0.15) is 20.8 Å². The largest absolute Gasteiger partial charge is 0.368 e. The predicted molar refractivity (Wildman–Crippen MR) is 80.7 cm³/mol. The number of nitrogens with one attached hydrogen (secondary N) is 1. The van der Waals surface area contributed by atoms with Crippen molar-refractivity contribution in [2.75, 3.05) is 17.6 Å². The molecule has 0 saturated carbocycles. The van der Waals surface area contributed by atoms with Gasteiger partial charge < -0.3 is 5.32 Å². The summed E-state index contributed by atoms with van der Waals surface area (Å²) in [4.78, 5) is 8.18. The number of rotatable bonds is 4. The van der Waals surface area contributed by atoms with Gasteiger partial charge in [0.05, 0.1) is 17.2 Å². The third-order valence-electron chi connectivity index (χ3n) is 2.86. The van der Waals surface area contributed by atoms with Crippen LogP contribution in [0.25, 0.3) is 11.0 Å². The van der Waals surface area contributed by atoms with E-state index in [1.54, 1.807) is 0 Å². The number of halogens is 2. The molecule has 1 unspecified atom stereocenters. The molecule has 1 atom stereocenters. The Bertz CT molecular complexity index is 686. The van der Waals surface area contributed by atoms with Gasteiger partial charge in [-0.05, 0) is 20.8 Å². The molecule has 7 heteroatoms. The van der Waals surface area contributed by atoms with E-state index in [0.717, 1.165) is 12.1 Å². The van der Waals surface area contributed by atoms with E-state index in [9.17, 15) is 13.0 Å². The van der Waals surface area contributed by atoms with E-state index < -0.39 is 22.4 Å². The lowest BCUT2D eigenvalue weighted by atomic mass is 10.3. The lowest BCUT2D eigenvalue weighted by Crippen LogP contribution is -2.27. The van der Waals surface area contributed by atoms with Crippen LogP contribution in [-0.2, 0) is 10.8 Å². The van der Waals surface area contributed by atoms with Crippen LogP contribution in [0.5, 0.6) is 0 Å². The maximum absolute atomic E-state index is 13.2. The second kappa shape index (κ2) is 6.01. The third kappa shape index (κ3) is 3.93. The van der Waals surface area contributed by atoms with Gasteiger partial charge in [0.15, 0.2) is 11.6 Å². The van der Waals surface area contributed by atoms with Crippen LogP contribution in [0.3, 0.4) is 0 Å². The molecule has 0 aliphatic carbocycles. The highest BCUT2D eigenvalue weighted by Crippen LogP contribution is 2.16. The number of nitrogens with zero attached hydrogens (tertiary/aromatic N) is 2. The quantitative estimate of drug-likeness (QED) is 0.943. The lowest BCUT2D eigenvalue weighted by Gasteiger charge is -2.17. The number of hydrogen-bond acceptors (Lipinski definition) is 4. The summed E-state index contributed by atoms with van der Waals surface area (Å²) < 4.78 is 37.9. The zero-order chi connectivity index (χ0) is 15.6. The first-order chi connectivity index (χ1) is 9.77. The van der Waals surface area contributed by atoms with Crippen LogP contribution < -0.4 is 5.32 Å². The maximum atomic E-state index is 13.2. The summed E-state index contributed by atoms with van der Waals surface area (Å²) in [6, 6.07) is 2.02. The van der Waals surface area contributed by atoms with Crippen LogP contribution in [0.4, 0.5) is 14.6 Å². The van der Waals surface area contributed by atoms with Gasteiger partial charge in [0, 0.05) is 40.0 Å². The molecule has 4 nitrogen and oxygen atoms in total. The van der Waals surface area contributed by atoms with Gasteiger partial charge in [-0.2, -0.15) is 0 Å². The fourth-order valence-corrected chi connectivity index (χ4v) is 2.57. The molecule has 2 rings (SSSR count). The molecular weight excluding hydrogens is 296 g/mol. The van der Waals surface area contributed by atoms with Gasteiger partial charge in [-0.1, -0.05) is 0 Å². The summed E-state index contributed by atoms with van der Waals surface area (Å²) in [5, 5.41) is 2.99. The Balaban J connectivity index is 2.06. The smallest absolute Gasteiger partial charge is 0.161 e. The van der Waals surface area contributed by atoms with Crippen molar-refractivity contribution in [3.05, 3.63) is 30.0 Å². The summed E-state index contributed by atoms with van der Waals surface area (Å²) >= 11 is 0. The van der Waals surface area contributed by atoms with Crippen molar-refractivity contribution in [2.24, 2.45) is 0 Å². The molecule has 0 aliphatic rings. The minimum atomic E-state index is -0.965. The Morgan fingerprint density at radius 3 is 2.43 bits per heavy atom. The fourth-order valence-electron chi connectivity index (χ4n) is 1.67. The van der Waals surface area contributed by atoms with E-state index in [1.165, 1.54) is 6.20 Å². The van der Waals surface area contributed by atoms with Crippen LogP contribution in [0, 0.1) is 11.6 Å². The maximum Gasteiger partial charge on any atom is 0.161 e. The van der Waals surface area contributed by atoms with Crippen molar-refractivity contribution >= 4 is 27.7 Å². The van der Waals surface area contributed by atoms with Crippen molar-refractivity contribution in [1.29, 1.82) is 0 Å². The van der Waals surface area contributed by atoms with Crippen molar-refractivity contribution in [2.45, 2.75) is 25.5 Å². The standard InChI is InChI=1S/C14H17F2N3OS/c1-14(2,3)21(20)5-4-17-13-8-18-11-6-9(15)10(16)7-12(11)19-13/h6-8H,4-5H2,1-3H3,(H,17,19). The minimum Gasteiger partial charge on any atom is -0.368 e. The molecule has 2 aromatic rings. The fraction of sp³-hybridized carbons (Fsp3) is 0.429. The van der Waals surface area contributed by atoms with Gasteiger partial charge in [-0.15, -0.1) is 0 Å². The van der Waals surface area contributed by atoms with Crippen LogP contribution >= 0.6 is 0 Å². The highest BCUT2D eigenvalue weighted by molar-refractivity contribution is 7.86. The zero-order valence-electron chi connectivity index (χ0n) is 12.1. The number of benzene rings is 1. The Hall–Kier alpha value is -1.63. The first kappa shape index (κ1) is 15.8. The first-order valence-electron chi connectivity index (χ1n) is 6.51. The molecule has 1 aromatic heterocycles. The number of hydrogen-bond donors (Lipinski definition) is 1. The summed E-state index contributed by atoms with van der Waals surface area (Å²) in [7, 11) is -0.965. The predicted octanol–water partition coefficient (Wildman–Crippen LogP) is 2.87. The summed E-state index contributed by atoms with van der Waals surface area (Å²) in [6.07, 6.45) is 1.44. The number of fused-ring (bicyclic) bond motifs is 1. The van der Waals surface area contributed by atoms with E-state index in [0.29, 0.717) is 18.1 Å². The Labute approximate surface area is 124 Å². The Morgan fingerprint density at radius 1 is 1.19 bits per heavy atom.